The van der Waals surface area contributed by atoms with Gasteiger partial charge in [0.1, 0.15) is 11.6 Å². The smallest absolute Gasteiger partial charge is 0.254 e. The first kappa shape index (κ1) is 23.5. The molecule has 2 aromatic carbocycles. The van der Waals surface area contributed by atoms with Gasteiger partial charge in [-0.2, -0.15) is 0 Å². The SMILES string of the molecule is CC[C@H](Nc1cc(F)c(C(=O)N[C@H](C)/C=C/S(C)(=O)=O)cc1F)c1ccccc1C. The Balaban J connectivity index is 2.21. The molecule has 0 fully saturated rings. The largest absolute Gasteiger partial charge is 0.376 e. The molecule has 162 valence electrons. The van der Waals surface area contributed by atoms with Crippen molar-refractivity contribution in [3.8, 4) is 0 Å². The predicted octanol–water partition coefficient (Wildman–Crippen LogP) is 4.51. The maximum atomic E-state index is 14.6. The quantitative estimate of drug-likeness (QED) is 0.638. The molecule has 8 heteroatoms. The molecule has 0 heterocycles. The molecule has 0 bridgehead atoms. The monoisotopic (exact) mass is 436 g/mol. The number of aryl methyl sites for hydroxylation is 1. The number of benzene rings is 2. The van der Waals surface area contributed by atoms with Crippen LogP contribution in [0.25, 0.3) is 0 Å². The van der Waals surface area contributed by atoms with Crippen LogP contribution in [0.4, 0.5) is 14.5 Å². The highest BCUT2D eigenvalue weighted by Gasteiger charge is 2.19. The molecule has 0 radical (unpaired) electrons. The number of hydrogen-bond donors (Lipinski definition) is 2. The molecule has 2 atom stereocenters. The number of carbonyl (C=O) groups is 1. The van der Waals surface area contributed by atoms with Crippen molar-refractivity contribution in [2.24, 2.45) is 0 Å². The Morgan fingerprint density at radius 2 is 1.83 bits per heavy atom. The van der Waals surface area contributed by atoms with Crippen molar-refractivity contribution in [1.82, 2.24) is 5.32 Å². The van der Waals surface area contributed by atoms with Gasteiger partial charge in [-0.15, -0.1) is 0 Å². The number of sulfone groups is 1. The highest BCUT2D eigenvalue weighted by atomic mass is 32.2. The molecule has 2 rings (SSSR count). The first-order valence-electron chi connectivity index (χ1n) is 9.52. The third kappa shape index (κ3) is 6.38. The molecule has 2 N–H and O–H groups in total. The van der Waals surface area contributed by atoms with Crippen molar-refractivity contribution in [1.29, 1.82) is 0 Å². The van der Waals surface area contributed by atoms with Crippen molar-refractivity contribution >= 4 is 21.4 Å². The fourth-order valence-electron chi connectivity index (χ4n) is 2.99. The summed E-state index contributed by atoms with van der Waals surface area (Å²) in [6.45, 7) is 5.41. The van der Waals surface area contributed by atoms with E-state index in [0.29, 0.717) is 6.42 Å². The van der Waals surface area contributed by atoms with Crippen molar-refractivity contribution in [2.45, 2.75) is 39.3 Å². The summed E-state index contributed by atoms with van der Waals surface area (Å²) < 4.78 is 51.5. The second-order valence-corrected chi connectivity index (χ2v) is 9.13. The number of anilines is 1. The second-order valence-electron chi connectivity index (χ2n) is 7.19. The van der Waals surface area contributed by atoms with Crippen LogP contribution in [0.1, 0.15) is 47.8 Å². The van der Waals surface area contributed by atoms with Gasteiger partial charge in [-0.05, 0) is 37.5 Å². The number of nitrogens with one attached hydrogen (secondary N) is 2. The molecule has 1 amide bonds. The van der Waals surface area contributed by atoms with Crippen LogP contribution in [0.5, 0.6) is 0 Å². The van der Waals surface area contributed by atoms with Crippen LogP contribution in [-0.2, 0) is 9.84 Å². The fourth-order valence-corrected chi connectivity index (χ4v) is 3.51. The molecule has 0 aliphatic carbocycles. The van der Waals surface area contributed by atoms with Gasteiger partial charge in [0.05, 0.1) is 17.3 Å². The van der Waals surface area contributed by atoms with Gasteiger partial charge in [0.15, 0.2) is 9.84 Å². The van der Waals surface area contributed by atoms with E-state index in [9.17, 15) is 22.0 Å². The molecule has 30 heavy (non-hydrogen) atoms. The molecule has 0 saturated carbocycles. The lowest BCUT2D eigenvalue weighted by Gasteiger charge is -2.21. The minimum absolute atomic E-state index is 0.0378. The molecule has 0 aromatic heterocycles. The lowest BCUT2D eigenvalue weighted by molar-refractivity contribution is 0.0942. The lowest BCUT2D eigenvalue weighted by atomic mass is 9.99. The maximum Gasteiger partial charge on any atom is 0.254 e. The zero-order chi connectivity index (χ0) is 22.5. The summed E-state index contributed by atoms with van der Waals surface area (Å²) in [6.07, 6.45) is 2.92. The standard InChI is InChI=1S/C22H26F2N2O3S/c1-5-20(16-9-7-6-8-14(16)2)26-21-13-18(23)17(12-19(21)24)22(27)25-15(3)10-11-30(4,28)29/h6-13,15,20,26H,5H2,1-4H3,(H,25,27)/b11-10+/t15-,20+/m1/s1. The van der Waals surface area contributed by atoms with Gasteiger partial charge >= 0.3 is 0 Å². The van der Waals surface area contributed by atoms with E-state index >= 15 is 0 Å². The number of amides is 1. The van der Waals surface area contributed by atoms with Crippen molar-refractivity contribution in [2.75, 3.05) is 11.6 Å². The van der Waals surface area contributed by atoms with Crippen molar-refractivity contribution in [3.63, 3.8) is 0 Å². The average Bonchev–Trinajstić information content (AvgIpc) is 2.66. The fraction of sp³-hybridized carbons (Fsp3) is 0.318. The second kappa shape index (κ2) is 9.84. The summed E-state index contributed by atoms with van der Waals surface area (Å²) in [6, 6.07) is 8.56. The van der Waals surface area contributed by atoms with Gasteiger partial charge in [0.2, 0.25) is 0 Å². The van der Waals surface area contributed by atoms with Crippen molar-refractivity contribution in [3.05, 3.63) is 76.2 Å². The zero-order valence-electron chi connectivity index (χ0n) is 17.4. The van der Waals surface area contributed by atoms with E-state index in [1.165, 1.54) is 13.0 Å². The van der Waals surface area contributed by atoms with Crippen LogP contribution in [0.2, 0.25) is 0 Å². The van der Waals surface area contributed by atoms with E-state index in [-0.39, 0.29) is 11.7 Å². The lowest BCUT2D eigenvalue weighted by Crippen LogP contribution is -2.32. The van der Waals surface area contributed by atoms with E-state index < -0.39 is 39.0 Å². The van der Waals surface area contributed by atoms with E-state index in [4.69, 9.17) is 0 Å². The van der Waals surface area contributed by atoms with Gasteiger partial charge in [-0.3, -0.25) is 4.79 Å². The molecule has 2 aromatic rings. The maximum absolute atomic E-state index is 14.6. The number of rotatable bonds is 8. The minimum Gasteiger partial charge on any atom is -0.376 e. The Labute approximate surface area is 176 Å². The third-order valence-corrected chi connectivity index (χ3v) is 5.23. The Bertz CT molecular complexity index is 1050. The van der Waals surface area contributed by atoms with Gasteiger partial charge in [-0.25, -0.2) is 17.2 Å². The summed E-state index contributed by atoms with van der Waals surface area (Å²) in [5, 5.41) is 6.38. The van der Waals surface area contributed by atoms with Gasteiger partial charge in [0, 0.05) is 23.8 Å². The van der Waals surface area contributed by atoms with Gasteiger partial charge in [-0.1, -0.05) is 37.3 Å². The highest BCUT2D eigenvalue weighted by molar-refractivity contribution is 7.93. The average molecular weight is 437 g/mol. The minimum atomic E-state index is -3.35. The first-order valence-corrected chi connectivity index (χ1v) is 11.5. The predicted molar refractivity (Wildman–Crippen MR) is 115 cm³/mol. The number of halogens is 2. The van der Waals surface area contributed by atoms with Crippen LogP contribution in [0.15, 0.2) is 47.9 Å². The van der Waals surface area contributed by atoms with Gasteiger partial charge < -0.3 is 10.6 Å². The van der Waals surface area contributed by atoms with E-state index in [1.807, 2.05) is 38.1 Å². The summed E-state index contributed by atoms with van der Waals surface area (Å²) in [4.78, 5) is 12.3. The molecule has 0 unspecified atom stereocenters. The van der Waals surface area contributed by atoms with E-state index in [1.54, 1.807) is 0 Å². The van der Waals surface area contributed by atoms with Crippen LogP contribution in [0, 0.1) is 18.6 Å². The van der Waals surface area contributed by atoms with E-state index in [2.05, 4.69) is 10.6 Å². The number of carbonyl (C=O) groups excluding carboxylic acids is 1. The summed E-state index contributed by atoms with van der Waals surface area (Å²) in [5.74, 6) is -2.47. The molecule has 0 saturated heterocycles. The normalized spacial score (nSPS) is 13.8. The molecular formula is C22H26F2N2O3S. The molecule has 5 nitrogen and oxygen atoms in total. The Hall–Kier alpha value is -2.74. The summed E-state index contributed by atoms with van der Waals surface area (Å²) in [5.41, 5.74) is 1.52. The molecular weight excluding hydrogens is 410 g/mol. The van der Waals surface area contributed by atoms with Crippen molar-refractivity contribution < 1.29 is 22.0 Å². The summed E-state index contributed by atoms with van der Waals surface area (Å²) in [7, 11) is -3.35. The molecule has 0 aliphatic heterocycles. The summed E-state index contributed by atoms with van der Waals surface area (Å²) >= 11 is 0. The van der Waals surface area contributed by atoms with E-state index in [0.717, 1.165) is 34.9 Å². The Morgan fingerprint density at radius 3 is 2.43 bits per heavy atom. The molecule has 0 aliphatic rings. The topological polar surface area (TPSA) is 75.3 Å². The van der Waals surface area contributed by atoms with Crippen LogP contribution in [0.3, 0.4) is 0 Å². The number of hydrogen-bond acceptors (Lipinski definition) is 4. The Morgan fingerprint density at radius 1 is 1.17 bits per heavy atom. The van der Waals surface area contributed by atoms with Crippen LogP contribution >= 0.6 is 0 Å². The zero-order valence-corrected chi connectivity index (χ0v) is 18.2. The molecule has 0 spiro atoms. The Kier molecular flexibility index (Phi) is 7.72. The van der Waals surface area contributed by atoms with Gasteiger partial charge in [0.25, 0.3) is 5.91 Å². The van der Waals surface area contributed by atoms with Crippen LogP contribution in [-0.4, -0.2) is 26.6 Å². The third-order valence-electron chi connectivity index (χ3n) is 4.58. The highest BCUT2D eigenvalue weighted by Crippen LogP contribution is 2.28. The first-order chi connectivity index (χ1) is 14.0. The van der Waals surface area contributed by atoms with Crippen LogP contribution < -0.4 is 10.6 Å².